The fourth-order valence-electron chi connectivity index (χ4n) is 4.51. The summed E-state index contributed by atoms with van der Waals surface area (Å²) in [5, 5.41) is 7.01. The van der Waals surface area contributed by atoms with Crippen molar-refractivity contribution in [1.82, 2.24) is 10.6 Å². The van der Waals surface area contributed by atoms with E-state index in [2.05, 4.69) is 33.2 Å². The molecule has 4 nitrogen and oxygen atoms in total. The number of alkyl carbamates (subject to hydrolysis) is 1. The molecular formula is C15H25IN2O2. The summed E-state index contributed by atoms with van der Waals surface area (Å²) in [6.07, 6.45) is 4.56. The van der Waals surface area contributed by atoms with Crippen molar-refractivity contribution < 1.29 is 9.53 Å². The molecule has 4 fully saturated rings. The molecule has 0 aromatic carbocycles. The SMILES string of the molecule is CC(C)(C)OC(=O)NC1C2CC3CC1CC(CI)(C2)N3. The Kier molecular flexibility index (Phi) is 3.72. The van der Waals surface area contributed by atoms with Crippen LogP contribution in [0.2, 0.25) is 0 Å². The number of ether oxygens (including phenoxy) is 1. The number of carbonyl (C=O) groups excluding carboxylic acids is 1. The maximum atomic E-state index is 12.0. The van der Waals surface area contributed by atoms with Crippen LogP contribution in [-0.4, -0.2) is 33.7 Å². The number of hydrogen-bond donors (Lipinski definition) is 2. The Morgan fingerprint density at radius 2 is 1.95 bits per heavy atom. The molecule has 0 aromatic heterocycles. The number of piperidine rings is 2. The number of rotatable bonds is 2. The molecule has 2 atom stereocenters. The molecule has 4 rings (SSSR count). The van der Waals surface area contributed by atoms with E-state index < -0.39 is 5.60 Å². The Morgan fingerprint density at radius 1 is 1.35 bits per heavy atom. The van der Waals surface area contributed by atoms with Crippen LogP contribution >= 0.6 is 22.6 Å². The van der Waals surface area contributed by atoms with Crippen LogP contribution in [0.25, 0.3) is 0 Å². The highest BCUT2D eigenvalue weighted by Gasteiger charge is 2.55. The smallest absolute Gasteiger partial charge is 0.407 e. The van der Waals surface area contributed by atoms with Crippen LogP contribution in [0.4, 0.5) is 4.79 Å². The molecule has 4 bridgehead atoms. The Bertz CT molecular complexity index is 391. The van der Waals surface area contributed by atoms with Gasteiger partial charge in [0, 0.05) is 22.1 Å². The zero-order valence-corrected chi connectivity index (χ0v) is 14.7. The monoisotopic (exact) mass is 392 g/mol. The van der Waals surface area contributed by atoms with Gasteiger partial charge in [-0.15, -0.1) is 0 Å². The fourth-order valence-corrected chi connectivity index (χ4v) is 5.35. The molecule has 2 aliphatic carbocycles. The van der Waals surface area contributed by atoms with E-state index in [9.17, 15) is 4.79 Å². The first-order valence-electron chi connectivity index (χ1n) is 7.63. The van der Waals surface area contributed by atoms with E-state index in [4.69, 9.17) is 4.74 Å². The first-order chi connectivity index (χ1) is 9.30. The fraction of sp³-hybridized carbons (Fsp3) is 0.933. The van der Waals surface area contributed by atoms with Gasteiger partial charge in [-0.05, 0) is 58.3 Å². The first kappa shape index (κ1) is 14.9. The molecule has 0 aromatic rings. The first-order valence-corrected chi connectivity index (χ1v) is 9.16. The van der Waals surface area contributed by atoms with E-state index >= 15 is 0 Å². The van der Waals surface area contributed by atoms with Gasteiger partial charge in [0.25, 0.3) is 0 Å². The third-order valence-corrected chi connectivity index (χ3v) is 6.41. The van der Waals surface area contributed by atoms with Crippen LogP contribution in [0, 0.1) is 11.8 Å². The van der Waals surface area contributed by atoms with Crippen molar-refractivity contribution in [1.29, 1.82) is 0 Å². The van der Waals surface area contributed by atoms with Gasteiger partial charge in [-0.25, -0.2) is 4.79 Å². The number of alkyl halides is 1. The van der Waals surface area contributed by atoms with Crippen molar-refractivity contribution in [2.24, 2.45) is 11.8 Å². The number of amides is 1. The molecule has 5 heteroatoms. The second-order valence-corrected chi connectivity index (χ2v) is 8.59. The highest BCUT2D eigenvalue weighted by atomic mass is 127. The summed E-state index contributed by atoms with van der Waals surface area (Å²) in [5.41, 5.74) is -0.0792. The van der Waals surface area contributed by atoms with Gasteiger partial charge in [-0.3, -0.25) is 0 Å². The van der Waals surface area contributed by atoms with Gasteiger partial charge >= 0.3 is 6.09 Å². The van der Waals surface area contributed by atoms with Crippen LogP contribution in [0.15, 0.2) is 0 Å². The van der Waals surface area contributed by atoms with Crippen LogP contribution < -0.4 is 10.6 Å². The second kappa shape index (κ2) is 5.00. The Balaban J connectivity index is 1.67. The molecular weight excluding hydrogens is 367 g/mol. The minimum atomic E-state index is -0.416. The van der Waals surface area contributed by atoms with E-state index in [1.54, 1.807) is 0 Å². The topological polar surface area (TPSA) is 50.4 Å². The second-order valence-electron chi connectivity index (χ2n) is 7.83. The third kappa shape index (κ3) is 2.80. The van der Waals surface area contributed by atoms with E-state index in [0.717, 1.165) is 0 Å². The highest BCUT2D eigenvalue weighted by Crippen LogP contribution is 2.50. The average Bonchev–Trinajstić information content (AvgIpc) is 2.31. The molecule has 2 aliphatic heterocycles. The predicted molar refractivity (Wildman–Crippen MR) is 87.1 cm³/mol. The van der Waals surface area contributed by atoms with Crippen LogP contribution in [0.5, 0.6) is 0 Å². The van der Waals surface area contributed by atoms with Crippen molar-refractivity contribution in [3.63, 3.8) is 0 Å². The summed E-state index contributed by atoms with van der Waals surface area (Å²) in [6.45, 7) is 5.75. The molecule has 2 N–H and O–H groups in total. The van der Waals surface area contributed by atoms with Gasteiger partial charge in [0.2, 0.25) is 0 Å². The molecule has 1 amide bonds. The summed E-state index contributed by atoms with van der Waals surface area (Å²) in [6, 6.07) is 0.984. The quantitative estimate of drug-likeness (QED) is 0.562. The van der Waals surface area contributed by atoms with Crippen molar-refractivity contribution in [3.05, 3.63) is 0 Å². The number of nitrogens with one attached hydrogen (secondary N) is 2. The highest BCUT2D eigenvalue weighted by molar-refractivity contribution is 14.1. The van der Waals surface area contributed by atoms with Gasteiger partial charge in [0.15, 0.2) is 0 Å². The molecule has 114 valence electrons. The molecule has 0 spiro atoms. The molecule has 2 unspecified atom stereocenters. The van der Waals surface area contributed by atoms with Crippen LogP contribution in [0.3, 0.4) is 0 Å². The zero-order valence-electron chi connectivity index (χ0n) is 12.5. The van der Waals surface area contributed by atoms with Crippen LogP contribution in [-0.2, 0) is 4.74 Å². The number of halogens is 1. The molecule has 4 aliphatic rings. The minimum absolute atomic E-state index is 0.244. The van der Waals surface area contributed by atoms with E-state index in [0.29, 0.717) is 29.5 Å². The van der Waals surface area contributed by atoms with Crippen LogP contribution in [0.1, 0.15) is 46.5 Å². The molecule has 20 heavy (non-hydrogen) atoms. The van der Waals surface area contributed by atoms with Crippen molar-refractivity contribution >= 4 is 28.7 Å². The summed E-state index contributed by atoms with van der Waals surface area (Å²) >= 11 is 2.51. The zero-order chi connectivity index (χ0) is 14.5. The molecule has 2 saturated heterocycles. The molecule has 0 radical (unpaired) electrons. The lowest BCUT2D eigenvalue weighted by atomic mass is 9.57. The Hall–Kier alpha value is -0.0400. The van der Waals surface area contributed by atoms with Gasteiger partial charge in [-0.2, -0.15) is 0 Å². The van der Waals surface area contributed by atoms with Crippen molar-refractivity contribution in [3.8, 4) is 0 Å². The standard InChI is InChI=1S/C15H25IN2O2/c1-14(2,3)20-13(19)17-12-9-4-11-5-10(12)7-15(6-9,8-16)18-11/h9-12,18H,4-8H2,1-3H3,(H,17,19). The summed E-state index contributed by atoms with van der Waals surface area (Å²) in [7, 11) is 0. The van der Waals surface area contributed by atoms with Gasteiger partial charge < -0.3 is 15.4 Å². The van der Waals surface area contributed by atoms with Crippen molar-refractivity contribution in [2.75, 3.05) is 4.43 Å². The van der Waals surface area contributed by atoms with Crippen molar-refractivity contribution in [2.45, 2.75) is 69.7 Å². The minimum Gasteiger partial charge on any atom is -0.444 e. The lowest BCUT2D eigenvalue weighted by molar-refractivity contribution is -0.0246. The maximum absolute atomic E-state index is 12.0. The van der Waals surface area contributed by atoms with Gasteiger partial charge in [0.05, 0.1) is 0 Å². The summed E-state index contributed by atoms with van der Waals surface area (Å²) in [5.74, 6) is 1.24. The molecule has 2 heterocycles. The summed E-state index contributed by atoms with van der Waals surface area (Å²) < 4.78 is 6.60. The predicted octanol–water partition coefficient (Wildman–Crippen LogP) is 2.85. The van der Waals surface area contributed by atoms with E-state index in [1.807, 2.05) is 20.8 Å². The third-order valence-electron chi connectivity index (χ3n) is 4.95. The Morgan fingerprint density at radius 3 is 2.45 bits per heavy atom. The lowest BCUT2D eigenvalue weighted by Crippen LogP contribution is -2.71. The number of carbonyl (C=O) groups is 1. The largest absolute Gasteiger partial charge is 0.444 e. The Labute approximate surface area is 134 Å². The van der Waals surface area contributed by atoms with Gasteiger partial charge in [-0.1, -0.05) is 22.6 Å². The lowest BCUT2D eigenvalue weighted by Gasteiger charge is -2.60. The van der Waals surface area contributed by atoms with Gasteiger partial charge in [0.1, 0.15) is 5.60 Å². The number of hydrogen-bond acceptors (Lipinski definition) is 3. The van der Waals surface area contributed by atoms with E-state index in [1.165, 1.54) is 30.1 Å². The normalized spacial score (nSPS) is 42.6. The maximum Gasteiger partial charge on any atom is 0.407 e. The molecule has 2 saturated carbocycles. The van der Waals surface area contributed by atoms with E-state index in [-0.39, 0.29) is 6.09 Å². The summed E-state index contributed by atoms with van der Waals surface area (Å²) in [4.78, 5) is 12.0. The average molecular weight is 392 g/mol.